The minimum absolute atomic E-state index is 0.0379. The molecule has 0 fully saturated rings. The van der Waals surface area contributed by atoms with Crippen molar-refractivity contribution < 1.29 is 29.2 Å². The van der Waals surface area contributed by atoms with Crippen molar-refractivity contribution in [2.24, 2.45) is 0 Å². The lowest BCUT2D eigenvalue weighted by Crippen LogP contribution is -2.26. The summed E-state index contributed by atoms with van der Waals surface area (Å²) in [5, 5.41) is 21.0. The summed E-state index contributed by atoms with van der Waals surface area (Å²) >= 11 is 1.35. The fourth-order valence-electron chi connectivity index (χ4n) is 3.05. The maximum Gasteiger partial charge on any atom is 0.141 e. The largest absolute Gasteiger partial charge is 0.508 e. The van der Waals surface area contributed by atoms with E-state index in [9.17, 15) is 10.2 Å². The summed E-state index contributed by atoms with van der Waals surface area (Å²) in [5.74, 6) is 1.96. The van der Waals surface area contributed by atoms with Gasteiger partial charge >= 0.3 is 0 Å². The first kappa shape index (κ1) is 28.8. The van der Waals surface area contributed by atoms with Gasteiger partial charge in [-0.15, -0.1) is 0 Å². The van der Waals surface area contributed by atoms with Gasteiger partial charge in [-0.1, -0.05) is 11.8 Å². The van der Waals surface area contributed by atoms with Gasteiger partial charge in [-0.3, -0.25) is 0 Å². The topological polar surface area (TPSA) is 77.4 Å². The van der Waals surface area contributed by atoms with Crippen molar-refractivity contribution >= 4 is 11.8 Å². The summed E-state index contributed by atoms with van der Waals surface area (Å²) in [6.07, 6.45) is 0. The van der Waals surface area contributed by atoms with Crippen molar-refractivity contribution in [2.45, 2.75) is 115 Å². The number of hydrogen-bond donors (Lipinski definition) is 2. The molecule has 0 heterocycles. The Morgan fingerprint density at radius 1 is 0.457 bits per heavy atom. The third-order valence-electron chi connectivity index (χ3n) is 3.88. The third kappa shape index (κ3) is 9.63. The molecule has 0 amide bonds. The van der Waals surface area contributed by atoms with E-state index in [-0.39, 0.29) is 11.5 Å². The van der Waals surface area contributed by atoms with E-state index in [1.54, 1.807) is 24.3 Å². The van der Waals surface area contributed by atoms with Crippen LogP contribution in [0.4, 0.5) is 0 Å². The van der Waals surface area contributed by atoms with Crippen LogP contribution < -0.4 is 18.9 Å². The molecule has 0 aromatic heterocycles. The Bertz CT molecular complexity index is 876. The van der Waals surface area contributed by atoms with E-state index >= 15 is 0 Å². The molecule has 0 aliphatic carbocycles. The number of phenolic OH excluding ortho intramolecular Hbond substituents is 2. The monoisotopic (exact) mass is 506 g/mol. The highest BCUT2D eigenvalue weighted by molar-refractivity contribution is 7.99. The highest BCUT2D eigenvalue weighted by Crippen LogP contribution is 2.52. The van der Waals surface area contributed by atoms with Gasteiger partial charge in [-0.25, -0.2) is 0 Å². The smallest absolute Gasteiger partial charge is 0.141 e. The third-order valence-corrected chi connectivity index (χ3v) is 5.09. The molecule has 35 heavy (non-hydrogen) atoms. The van der Waals surface area contributed by atoms with Gasteiger partial charge in [0.2, 0.25) is 0 Å². The molecule has 2 aromatic carbocycles. The second-order valence-corrected chi connectivity index (χ2v) is 13.5. The van der Waals surface area contributed by atoms with Crippen LogP contribution in [0.5, 0.6) is 34.5 Å². The molecule has 6 nitrogen and oxygen atoms in total. The zero-order valence-electron chi connectivity index (χ0n) is 23.2. The Hall–Kier alpha value is -2.41. The van der Waals surface area contributed by atoms with Crippen molar-refractivity contribution in [1.29, 1.82) is 0 Å². The average molecular weight is 507 g/mol. The van der Waals surface area contributed by atoms with Crippen LogP contribution in [-0.2, 0) is 0 Å². The predicted octanol–water partition coefficient (Wildman–Crippen LogP) is 7.96. The second-order valence-electron chi connectivity index (χ2n) is 12.5. The molecule has 0 unspecified atom stereocenters. The molecule has 0 bridgehead atoms. The van der Waals surface area contributed by atoms with Crippen LogP contribution in [0.2, 0.25) is 0 Å². The van der Waals surface area contributed by atoms with Crippen LogP contribution >= 0.6 is 11.8 Å². The van der Waals surface area contributed by atoms with E-state index in [4.69, 9.17) is 18.9 Å². The molecule has 2 rings (SSSR count). The first-order valence-electron chi connectivity index (χ1n) is 11.8. The van der Waals surface area contributed by atoms with Gasteiger partial charge in [0.05, 0.1) is 9.79 Å². The van der Waals surface area contributed by atoms with E-state index in [0.717, 1.165) is 0 Å². The van der Waals surface area contributed by atoms with Crippen molar-refractivity contribution in [3.63, 3.8) is 0 Å². The van der Waals surface area contributed by atoms with Crippen LogP contribution in [0.3, 0.4) is 0 Å². The number of aromatic hydroxyl groups is 2. The Balaban J connectivity index is 2.82. The van der Waals surface area contributed by atoms with Crippen molar-refractivity contribution in [1.82, 2.24) is 0 Å². The molecule has 7 heteroatoms. The lowest BCUT2D eigenvalue weighted by molar-refractivity contribution is 0.112. The fraction of sp³-hybridized carbons (Fsp3) is 0.571. The van der Waals surface area contributed by atoms with E-state index in [0.29, 0.717) is 32.8 Å². The maximum atomic E-state index is 10.5. The molecule has 196 valence electrons. The number of hydrogen-bond acceptors (Lipinski definition) is 7. The summed E-state index contributed by atoms with van der Waals surface area (Å²) in [6.45, 7) is 23.3. The van der Waals surface area contributed by atoms with Gasteiger partial charge in [-0.05, 0) is 83.1 Å². The van der Waals surface area contributed by atoms with E-state index in [2.05, 4.69) is 0 Å². The summed E-state index contributed by atoms with van der Waals surface area (Å²) in [4.78, 5) is 1.33. The maximum absolute atomic E-state index is 10.5. The average Bonchev–Trinajstić information content (AvgIpc) is 2.53. The Morgan fingerprint density at radius 2 is 0.657 bits per heavy atom. The van der Waals surface area contributed by atoms with Gasteiger partial charge in [0.15, 0.2) is 0 Å². The highest BCUT2D eigenvalue weighted by atomic mass is 32.2. The predicted molar refractivity (Wildman–Crippen MR) is 142 cm³/mol. The van der Waals surface area contributed by atoms with Crippen LogP contribution in [0, 0.1) is 0 Å². The molecule has 0 aliphatic rings. The second kappa shape index (κ2) is 9.92. The SMILES string of the molecule is CC(C)(C)Oc1cc(O)cc(OC(C)(C)C)c1Sc1c(OC(C)(C)C)cc(O)cc1OC(C)(C)C. The van der Waals surface area contributed by atoms with Crippen LogP contribution in [0.15, 0.2) is 34.1 Å². The minimum Gasteiger partial charge on any atom is -0.508 e. The summed E-state index contributed by atoms with van der Waals surface area (Å²) < 4.78 is 25.0. The lowest BCUT2D eigenvalue weighted by Gasteiger charge is -2.30. The van der Waals surface area contributed by atoms with Gasteiger partial charge in [0.1, 0.15) is 56.9 Å². The summed E-state index contributed by atoms with van der Waals surface area (Å²) in [7, 11) is 0. The van der Waals surface area contributed by atoms with Crippen LogP contribution in [0.25, 0.3) is 0 Å². The van der Waals surface area contributed by atoms with Crippen molar-refractivity contribution in [3.8, 4) is 34.5 Å². The molecule has 0 spiro atoms. The van der Waals surface area contributed by atoms with Gasteiger partial charge in [0, 0.05) is 24.3 Å². The van der Waals surface area contributed by atoms with E-state index in [1.807, 2.05) is 83.1 Å². The first-order chi connectivity index (χ1) is 15.6. The molecule has 0 saturated heterocycles. The normalized spacial score (nSPS) is 12.9. The first-order valence-corrected chi connectivity index (χ1v) is 12.6. The molecular formula is C28H42O6S. The molecule has 0 atom stereocenters. The van der Waals surface area contributed by atoms with Crippen molar-refractivity contribution in [3.05, 3.63) is 24.3 Å². The summed E-state index contributed by atoms with van der Waals surface area (Å²) in [5.41, 5.74) is -2.09. The number of ether oxygens (including phenoxy) is 4. The molecular weight excluding hydrogens is 464 g/mol. The zero-order valence-corrected chi connectivity index (χ0v) is 24.1. The summed E-state index contributed by atoms with van der Waals surface area (Å²) in [6, 6.07) is 6.33. The fourth-order valence-corrected chi connectivity index (χ4v) is 4.06. The Morgan fingerprint density at radius 3 is 0.829 bits per heavy atom. The van der Waals surface area contributed by atoms with Gasteiger partial charge < -0.3 is 29.2 Å². The van der Waals surface area contributed by atoms with E-state index < -0.39 is 22.4 Å². The number of rotatable bonds is 6. The highest BCUT2D eigenvalue weighted by Gasteiger charge is 2.28. The van der Waals surface area contributed by atoms with Crippen LogP contribution in [0.1, 0.15) is 83.1 Å². The van der Waals surface area contributed by atoms with E-state index in [1.165, 1.54) is 11.8 Å². The molecule has 2 N–H and O–H groups in total. The van der Waals surface area contributed by atoms with Gasteiger partial charge in [-0.2, -0.15) is 0 Å². The van der Waals surface area contributed by atoms with Crippen LogP contribution in [-0.4, -0.2) is 32.6 Å². The number of phenols is 2. The quantitative estimate of drug-likeness (QED) is 0.411. The lowest BCUT2D eigenvalue weighted by atomic mass is 10.1. The van der Waals surface area contributed by atoms with Crippen molar-refractivity contribution in [2.75, 3.05) is 0 Å². The Labute approximate surface area is 214 Å². The Kier molecular flexibility index (Phi) is 8.17. The molecule has 0 radical (unpaired) electrons. The number of benzene rings is 2. The molecule has 2 aromatic rings. The van der Waals surface area contributed by atoms with Gasteiger partial charge in [0.25, 0.3) is 0 Å². The standard InChI is InChI=1S/C28H42O6S/c1-25(2,3)31-19-13-17(29)14-20(32-26(4,5)6)23(19)35-24-21(33-27(7,8)9)15-18(30)16-22(24)34-28(10,11)12/h13-16,29-30H,1-12H3. The molecule has 0 saturated carbocycles. The minimum atomic E-state index is -0.521. The zero-order chi connectivity index (χ0) is 27.0. The molecule has 0 aliphatic heterocycles.